The fraction of sp³-hybridized carbons (Fsp3) is 0. The molecule has 0 saturated carbocycles. The summed E-state index contributed by atoms with van der Waals surface area (Å²) in [4.78, 5) is 6.83. The summed E-state index contributed by atoms with van der Waals surface area (Å²) in [5.41, 5.74) is 0. The van der Waals surface area contributed by atoms with Crippen LogP contribution in [0, 0.1) is 0 Å². The van der Waals surface area contributed by atoms with Gasteiger partial charge in [0.05, 0.1) is 0 Å². The van der Waals surface area contributed by atoms with Crippen LogP contribution < -0.4 is 5.32 Å². The minimum atomic E-state index is 0.754. The second kappa shape index (κ2) is 3.18. The zero-order valence-electron chi connectivity index (χ0n) is 4.46. The van der Waals surface area contributed by atoms with Gasteiger partial charge in [-0.2, -0.15) is 0 Å². The molecule has 0 aliphatic rings. The van der Waals surface area contributed by atoms with Crippen molar-refractivity contribution in [3.05, 3.63) is 12.4 Å². The van der Waals surface area contributed by atoms with E-state index in [2.05, 4.69) is 46.9 Å². The van der Waals surface area contributed by atoms with Crippen LogP contribution in [0.15, 0.2) is 12.4 Å². The van der Waals surface area contributed by atoms with Gasteiger partial charge in [0.15, 0.2) is 0 Å². The van der Waals surface area contributed by atoms with Crippen LogP contribution in [0.25, 0.3) is 0 Å². The number of anilines is 1. The molecule has 1 rings (SSSR count). The summed E-state index contributed by atoms with van der Waals surface area (Å²) in [6.45, 7) is 0. The topological polar surface area (TPSA) is 40.7 Å². The predicted molar refractivity (Wildman–Crippen MR) is 40.1 cm³/mol. The Balaban J connectivity index is 2.58. The second-order valence-electron chi connectivity index (χ2n) is 1.37. The summed E-state index contributed by atoms with van der Waals surface area (Å²) in [7, 11) is 0. The third kappa shape index (κ3) is 2.33. The van der Waals surface area contributed by atoms with Crippen LogP contribution in [0.3, 0.4) is 0 Å². The van der Waals surface area contributed by atoms with Gasteiger partial charge in [0.1, 0.15) is 0 Å². The summed E-state index contributed by atoms with van der Waals surface area (Å²) >= 11 is 5.15. The number of imidazole rings is 1. The van der Waals surface area contributed by atoms with E-state index in [9.17, 15) is 0 Å². The van der Waals surface area contributed by atoms with E-state index in [0.717, 1.165) is 9.39 Å². The average Bonchev–Trinajstić information content (AvgIpc) is 2.15. The molecule has 3 nitrogen and oxygen atoms in total. The third-order valence-electron chi connectivity index (χ3n) is 0.724. The van der Waals surface area contributed by atoms with Gasteiger partial charge >= 0.3 is 68.7 Å². The van der Waals surface area contributed by atoms with Gasteiger partial charge in [-0.05, 0) is 0 Å². The van der Waals surface area contributed by atoms with E-state index in [1.807, 2.05) is 0 Å². The fourth-order valence-corrected chi connectivity index (χ4v) is 0.860. The summed E-state index contributed by atoms with van der Waals surface area (Å²) in [6, 6.07) is 0. The van der Waals surface area contributed by atoms with Crippen molar-refractivity contribution >= 4 is 41.0 Å². The molecule has 5 heteroatoms. The molecule has 2 N–H and O–H groups in total. The first-order chi connectivity index (χ1) is 4.29. The second-order valence-corrected chi connectivity index (χ2v) is 4.64. The average molecular weight is 253 g/mol. The SMILES string of the molecule is [Se]=C([SeH])Nc1ncc[nH]1. The molecule has 1 aromatic rings. The fourth-order valence-electron chi connectivity index (χ4n) is 0.435. The first-order valence-corrected chi connectivity index (χ1v) is 4.08. The third-order valence-corrected chi connectivity index (χ3v) is 1.17. The maximum atomic E-state index is 3.94. The van der Waals surface area contributed by atoms with Crippen LogP contribution in [-0.4, -0.2) is 45.0 Å². The molecule has 0 atom stereocenters. The number of hydrogen-bond donors (Lipinski definition) is 2. The van der Waals surface area contributed by atoms with Crippen LogP contribution in [0.4, 0.5) is 5.95 Å². The van der Waals surface area contributed by atoms with Crippen molar-refractivity contribution in [2.45, 2.75) is 0 Å². The molecule has 0 aliphatic heterocycles. The molecule has 0 saturated heterocycles. The van der Waals surface area contributed by atoms with Crippen LogP contribution in [0.5, 0.6) is 0 Å². The molecule has 1 heterocycles. The maximum absolute atomic E-state index is 3.94. The molecule has 0 unspecified atom stereocenters. The number of nitrogens with one attached hydrogen (secondary N) is 2. The first-order valence-electron chi connectivity index (χ1n) is 2.28. The molecule has 0 fully saturated rings. The van der Waals surface area contributed by atoms with E-state index < -0.39 is 0 Å². The molecule has 0 aromatic carbocycles. The molecule has 1 aromatic heterocycles. The van der Waals surface area contributed by atoms with Gasteiger partial charge in [-0.15, -0.1) is 0 Å². The first kappa shape index (κ1) is 7.03. The number of rotatable bonds is 2. The molecule has 0 spiro atoms. The number of hydrogen-bond acceptors (Lipinski definition) is 2. The Hall–Kier alpha value is -0.0810. The number of aromatic nitrogens is 2. The van der Waals surface area contributed by atoms with E-state index in [-0.39, 0.29) is 0 Å². The van der Waals surface area contributed by atoms with Crippen molar-refractivity contribution in [3.63, 3.8) is 0 Å². The van der Waals surface area contributed by atoms with Crippen molar-refractivity contribution in [1.82, 2.24) is 9.97 Å². The minimum absolute atomic E-state index is 0.754. The van der Waals surface area contributed by atoms with Crippen molar-refractivity contribution in [2.75, 3.05) is 5.32 Å². The summed E-state index contributed by atoms with van der Waals surface area (Å²) in [6.07, 6.45) is 3.45. The Morgan fingerprint density at radius 2 is 2.67 bits per heavy atom. The quantitative estimate of drug-likeness (QED) is 0.662. The van der Waals surface area contributed by atoms with Gasteiger partial charge in [-0.1, -0.05) is 0 Å². The van der Waals surface area contributed by atoms with E-state index >= 15 is 0 Å². The molecular weight excluding hydrogens is 248 g/mol. The molecular formula is C4H5N3Se2. The van der Waals surface area contributed by atoms with Gasteiger partial charge in [-0.3, -0.25) is 0 Å². The van der Waals surface area contributed by atoms with E-state index in [0.29, 0.717) is 0 Å². The van der Waals surface area contributed by atoms with Crippen molar-refractivity contribution < 1.29 is 0 Å². The van der Waals surface area contributed by atoms with Gasteiger partial charge in [0.25, 0.3) is 0 Å². The van der Waals surface area contributed by atoms with Crippen LogP contribution >= 0.6 is 0 Å². The molecule has 9 heavy (non-hydrogen) atoms. The van der Waals surface area contributed by atoms with Crippen molar-refractivity contribution in [1.29, 1.82) is 0 Å². The van der Waals surface area contributed by atoms with Gasteiger partial charge in [0.2, 0.25) is 0 Å². The number of H-pyrrole nitrogens is 1. The number of nitrogens with zero attached hydrogens (tertiary/aromatic N) is 1. The van der Waals surface area contributed by atoms with Crippen LogP contribution in [0.2, 0.25) is 0 Å². The monoisotopic (exact) mass is 255 g/mol. The number of aromatic amines is 1. The predicted octanol–water partition coefficient (Wildman–Crippen LogP) is -1.02. The Labute approximate surface area is 68.8 Å². The molecule has 0 amide bonds. The molecule has 0 aliphatic carbocycles. The Morgan fingerprint density at radius 3 is 3.11 bits per heavy atom. The van der Waals surface area contributed by atoms with Crippen molar-refractivity contribution in [2.24, 2.45) is 0 Å². The van der Waals surface area contributed by atoms with Crippen LogP contribution in [0.1, 0.15) is 0 Å². The van der Waals surface area contributed by atoms with E-state index in [1.54, 1.807) is 12.4 Å². The Bertz CT molecular complexity index is 194. The summed E-state index contributed by atoms with van der Waals surface area (Å²) < 4.78 is 0.942. The molecule has 0 bridgehead atoms. The zero-order valence-corrected chi connectivity index (χ0v) is 8.05. The molecule has 0 radical (unpaired) electrons. The normalized spacial score (nSPS) is 9.00. The summed E-state index contributed by atoms with van der Waals surface area (Å²) in [5, 5.41) is 2.95. The van der Waals surface area contributed by atoms with Crippen LogP contribution in [-0.2, 0) is 0 Å². The van der Waals surface area contributed by atoms with E-state index in [4.69, 9.17) is 0 Å². The summed E-state index contributed by atoms with van der Waals surface area (Å²) in [5.74, 6) is 0.754. The zero-order chi connectivity index (χ0) is 6.69. The molecule has 48 valence electrons. The standard InChI is InChI=1S/C4H5N3Se2/c8-4(9)7-3-5-1-2-6-3/h1-2H,(H3,5,6,7,8,9). The van der Waals surface area contributed by atoms with Gasteiger partial charge in [-0.25, -0.2) is 0 Å². The van der Waals surface area contributed by atoms with Gasteiger partial charge < -0.3 is 0 Å². The Morgan fingerprint density at radius 1 is 1.89 bits per heavy atom. The Kier molecular flexibility index (Phi) is 2.48. The van der Waals surface area contributed by atoms with Gasteiger partial charge in [0, 0.05) is 0 Å². The van der Waals surface area contributed by atoms with E-state index in [1.165, 1.54) is 0 Å². The van der Waals surface area contributed by atoms with Crippen molar-refractivity contribution in [3.8, 4) is 0 Å².